The van der Waals surface area contributed by atoms with Crippen LogP contribution in [0.5, 0.6) is 0 Å². The van der Waals surface area contributed by atoms with Gasteiger partial charge in [-0.15, -0.1) is 0 Å². The molecule has 2 rings (SSSR count). The zero-order valence-electron chi connectivity index (χ0n) is 13.2. The van der Waals surface area contributed by atoms with Gasteiger partial charge in [0.25, 0.3) is 0 Å². The molecule has 0 atom stereocenters. The van der Waals surface area contributed by atoms with Crippen LogP contribution in [0.4, 0.5) is 4.79 Å². The minimum absolute atomic E-state index is 0.163. The van der Waals surface area contributed by atoms with Gasteiger partial charge in [-0.3, -0.25) is 0 Å². The number of nitrogens with two attached hydrogens (primary N) is 1. The average molecular weight is 289 g/mol. The lowest BCUT2D eigenvalue weighted by atomic mass is 9.99. The molecule has 1 aromatic carbocycles. The molecule has 1 saturated heterocycles. The van der Waals surface area contributed by atoms with Gasteiger partial charge in [-0.1, -0.05) is 31.2 Å². The van der Waals surface area contributed by atoms with Crippen molar-refractivity contribution in [1.29, 1.82) is 0 Å². The lowest BCUT2D eigenvalue weighted by Gasteiger charge is -2.34. The van der Waals surface area contributed by atoms with E-state index in [2.05, 4.69) is 13.0 Å². The van der Waals surface area contributed by atoms with Gasteiger partial charge >= 0.3 is 6.03 Å². The van der Waals surface area contributed by atoms with Crippen molar-refractivity contribution in [1.82, 2.24) is 9.80 Å². The molecular formula is C17H27N3O. The van der Waals surface area contributed by atoms with Crippen LogP contribution in [0, 0.1) is 5.92 Å². The monoisotopic (exact) mass is 289 g/mol. The topological polar surface area (TPSA) is 49.6 Å². The zero-order valence-corrected chi connectivity index (χ0v) is 13.2. The molecule has 21 heavy (non-hydrogen) atoms. The summed E-state index contributed by atoms with van der Waals surface area (Å²) in [6.07, 6.45) is 2.23. The van der Waals surface area contributed by atoms with Gasteiger partial charge in [-0.25, -0.2) is 4.79 Å². The minimum Gasteiger partial charge on any atom is -0.326 e. The molecule has 2 N–H and O–H groups in total. The fourth-order valence-electron chi connectivity index (χ4n) is 2.83. The number of nitrogens with zero attached hydrogens (tertiary/aromatic N) is 2. The molecule has 0 radical (unpaired) electrons. The van der Waals surface area contributed by atoms with Crippen molar-refractivity contribution >= 4 is 6.03 Å². The van der Waals surface area contributed by atoms with Crippen LogP contribution in [-0.2, 0) is 13.1 Å². The Morgan fingerprint density at radius 3 is 2.48 bits per heavy atom. The number of carbonyl (C=O) groups is 1. The van der Waals surface area contributed by atoms with E-state index >= 15 is 0 Å². The number of benzene rings is 1. The molecule has 1 aliphatic rings. The second-order valence-electron chi connectivity index (χ2n) is 5.94. The van der Waals surface area contributed by atoms with E-state index in [1.54, 1.807) is 0 Å². The quantitative estimate of drug-likeness (QED) is 0.926. The summed E-state index contributed by atoms with van der Waals surface area (Å²) in [5.74, 6) is 0.738. The van der Waals surface area contributed by atoms with Crippen LogP contribution < -0.4 is 5.73 Å². The summed E-state index contributed by atoms with van der Waals surface area (Å²) in [5.41, 5.74) is 8.06. The van der Waals surface area contributed by atoms with E-state index in [0.29, 0.717) is 13.1 Å². The number of rotatable bonds is 4. The number of urea groups is 1. The molecule has 0 unspecified atom stereocenters. The minimum atomic E-state index is 0.163. The van der Waals surface area contributed by atoms with Gasteiger partial charge in [0.15, 0.2) is 0 Å². The Morgan fingerprint density at radius 1 is 1.29 bits per heavy atom. The highest BCUT2D eigenvalue weighted by Gasteiger charge is 2.24. The van der Waals surface area contributed by atoms with Crippen LogP contribution in [-0.4, -0.2) is 35.5 Å². The number of likely N-dealkylation sites (tertiary alicyclic amines) is 1. The Balaban J connectivity index is 2.03. The predicted octanol–water partition coefficient (Wildman–Crippen LogP) is 2.82. The highest BCUT2D eigenvalue weighted by atomic mass is 16.2. The Hall–Kier alpha value is -1.55. The molecule has 0 aromatic heterocycles. The number of amides is 2. The molecule has 1 aromatic rings. The fraction of sp³-hybridized carbons (Fsp3) is 0.588. The van der Waals surface area contributed by atoms with Crippen LogP contribution in [0.2, 0.25) is 0 Å². The molecule has 0 spiro atoms. The van der Waals surface area contributed by atoms with E-state index in [0.717, 1.165) is 49.5 Å². The lowest BCUT2D eigenvalue weighted by molar-refractivity contribution is 0.134. The molecule has 0 saturated carbocycles. The largest absolute Gasteiger partial charge is 0.326 e. The summed E-state index contributed by atoms with van der Waals surface area (Å²) < 4.78 is 0. The summed E-state index contributed by atoms with van der Waals surface area (Å²) in [6, 6.07) is 8.27. The summed E-state index contributed by atoms with van der Waals surface area (Å²) in [4.78, 5) is 16.6. The molecule has 1 heterocycles. The maximum atomic E-state index is 12.7. The first kappa shape index (κ1) is 15.8. The number of hydrogen-bond donors (Lipinski definition) is 1. The predicted molar refractivity (Wildman–Crippen MR) is 85.8 cm³/mol. The Labute approximate surface area is 127 Å². The Morgan fingerprint density at radius 2 is 1.90 bits per heavy atom. The van der Waals surface area contributed by atoms with Gasteiger partial charge in [0.2, 0.25) is 0 Å². The third-order valence-electron chi connectivity index (χ3n) is 4.41. The average Bonchev–Trinajstić information content (AvgIpc) is 2.53. The highest BCUT2D eigenvalue weighted by Crippen LogP contribution is 2.19. The molecule has 4 heteroatoms. The highest BCUT2D eigenvalue weighted by molar-refractivity contribution is 5.74. The number of hydrogen-bond acceptors (Lipinski definition) is 2. The summed E-state index contributed by atoms with van der Waals surface area (Å²) in [5, 5.41) is 0. The fourth-order valence-corrected chi connectivity index (χ4v) is 2.83. The van der Waals surface area contributed by atoms with Crippen molar-refractivity contribution < 1.29 is 4.79 Å². The van der Waals surface area contributed by atoms with E-state index in [4.69, 9.17) is 5.73 Å². The zero-order chi connectivity index (χ0) is 15.2. The van der Waals surface area contributed by atoms with Gasteiger partial charge in [-0.2, -0.15) is 0 Å². The SMILES string of the molecule is CCN(Cc1ccccc1CN)C(=O)N1CCC(C)CC1. The maximum absolute atomic E-state index is 12.7. The molecule has 2 amide bonds. The first-order valence-corrected chi connectivity index (χ1v) is 7.96. The normalized spacial score (nSPS) is 16.0. The van der Waals surface area contributed by atoms with E-state index in [-0.39, 0.29) is 6.03 Å². The van der Waals surface area contributed by atoms with Crippen LogP contribution in [0.1, 0.15) is 37.8 Å². The van der Waals surface area contributed by atoms with Crippen molar-refractivity contribution in [3.63, 3.8) is 0 Å². The summed E-state index contributed by atoms with van der Waals surface area (Å²) in [7, 11) is 0. The lowest BCUT2D eigenvalue weighted by Crippen LogP contribution is -2.46. The van der Waals surface area contributed by atoms with Gasteiger partial charge in [-0.05, 0) is 36.8 Å². The molecule has 1 aliphatic heterocycles. The number of carbonyl (C=O) groups excluding carboxylic acids is 1. The molecule has 4 nitrogen and oxygen atoms in total. The van der Waals surface area contributed by atoms with Crippen LogP contribution in [0.15, 0.2) is 24.3 Å². The number of piperidine rings is 1. The second-order valence-corrected chi connectivity index (χ2v) is 5.94. The van der Waals surface area contributed by atoms with Gasteiger partial charge in [0, 0.05) is 32.7 Å². The van der Waals surface area contributed by atoms with Gasteiger partial charge in [0.05, 0.1) is 0 Å². The van der Waals surface area contributed by atoms with E-state index < -0.39 is 0 Å². The van der Waals surface area contributed by atoms with E-state index in [1.807, 2.05) is 34.9 Å². The molecule has 0 bridgehead atoms. The Kier molecular flexibility index (Phi) is 5.62. The standard InChI is InChI=1S/C17H27N3O/c1-3-19(13-16-7-5-4-6-15(16)12-18)17(21)20-10-8-14(2)9-11-20/h4-7,14H,3,8-13,18H2,1-2H3. The third kappa shape index (κ3) is 3.97. The first-order chi connectivity index (χ1) is 10.2. The van der Waals surface area contributed by atoms with Gasteiger partial charge < -0.3 is 15.5 Å². The summed E-state index contributed by atoms with van der Waals surface area (Å²) >= 11 is 0. The first-order valence-electron chi connectivity index (χ1n) is 7.96. The van der Waals surface area contributed by atoms with Crippen molar-refractivity contribution in [2.45, 2.75) is 39.8 Å². The third-order valence-corrected chi connectivity index (χ3v) is 4.41. The van der Waals surface area contributed by atoms with Crippen molar-refractivity contribution in [2.75, 3.05) is 19.6 Å². The van der Waals surface area contributed by atoms with Gasteiger partial charge in [0.1, 0.15) is 0 Å². The molecule has 0 aliphatic carbocycles. The van der Waals surface area contributed by atoms with E-state index in [9.17, 15) is 4.79 Å². The smallest absolute Gasteiger partial charge is 0.320 e. The van der Waals surface area contributed by atoms with Crippen LogP contribution in [0.25, 0.3) is 0 Å². The Bertz CT molecular complexity index is 467. The maximum Gasteiger partial charge on any atom is 0.320 e. The summed E-state index contributed by atoms with van der Waals surface area (Å²) in [6.45, 7) is 7.96. The van der Waals surface area contributed by atoms with E-state index in [1.165, 1.54) is 0 Å². The van der Waals surface area contributed by atoms with Crippen LogP contribution >= 0.6 is 0 Å². The molecule has 116 valence electrons. The van der Waals surface area contributed by atoms with Crippen molar-refractivity contribution in [2.24, 2.45) is 11.7 Å². The van der Waals surface area contributed by atoms with Crippen molar-refractivity contribution in [3.8, 4) is 0 Å². The molecule has 1 fully saturated rings. The van der Waals surface area contributed by atoms with Crippen LogP contribution in [0.3, 0.4) is 0 Å². The van der Waals surface area contributed by atoms with Crippen molar-refractivity contribution in [3.05, 3.63) is 35.4 Å². The molecular weight excluding hydrogens is 262 g/mol. The second kappa shape index (κ2) is 7.46.